The third-order valence-corrected chi connectivity index (χ3v) is 4.04. The van der Waals surface area contributed by atoms with Gasteiger partial charge in [-0.25, -0.2) is 0 Å². The number of halogens is 2. The number of nitrogens with zero attached hydrogens (tertiary/aromatic N) is 1. The molecule has 0 spiro atoms. The van der Waals surface area contributed by atoms with Gasteiger partial charge < -0.3 is 5.73 Å². The van der Waals surface area contributed by atoms with Crippen LogP contribution in [0, 0.1) is 0 Å². The molecule has 4 heteroatoms. The number of hydrogen-bond donors (Lipinski definition) is 1. The van der Waals surface area contributed by atoms with Crippen molar-refractivity contribution in [3.63, 3.8) is 0 Å². The lowest BCUT2D eigenvalue weighted by Crippen LogP contribution is -2.31. The summed E-state index contributed by atoms with van der Waals surface area (Å²) in [5.74, 6) is 0. The van der Waals surface area contributed by atoms with E-state index in [-0.39, 0.29) is 24.8 Å². The predicted octanol–water partition coefficient (Wildman–Crippen LogP) is 3.71. The standard InChI is InChI=1S/C17H20N2.2ClH/c1-19(12-13-5-3-2-4-6-13)17-10-14-7-8-16(18)9-15(14)11-17;;/h2-9,17H,10-12,18H2,1H3;2*1H. The van der Waals surface area contributed by atoms with E-state index in [1.807, 2.05) is 6.07 Å². The highest BCUT2D eigenvalue weighted by atomic mass is 35.5. The lowest BCUT2D eigenvalue weighted by atomic mass is 10.1. The Labute approximate surface area is 139 Å². The summed E-state index contributed by atoms with van der Waals surface area (Å²) in [6.07, 6.45) is 2.25. The van der Waals surface area contributed by atoms with E-state index in [1.165, 1.54) is 16.7 Å². The summed E-state index contributed by atoms with van der Waals surface area (Å²) in [4.78, 5) is 2.45. The molecule has 0 amide bonds. The van der Waals surface area contributed by atoms with Gasteiger partial charge in [0.25, 0.3) is 0 Å². The molecule has 0 aliphatic heterocycles. The Balaban J connectivity index is 0.00000110. The Kier molecular flexibility index (Phi) is 6.53. The van der Waals surface area contributed by atoms with Crippen LogP contribution in [0.15, 0.2) is 48.5 Å². The topological polar surface area (TPSA) is 29.3 Å². The monoisotopic (exact) mass is 324 g/mol. The molecule has 0 bridgehead atoms. The fourth-order valence-corrected chi connectivity index (χ4v) is 2.93. The number of nitrogen functional groups attached to an aromatic ring is 1. The minimum atomic E-state index is 0. The maximum Gasteiger partial charge on any atom is 0.0316 e. The smallest absolute Gasteiger partial charge is 0.0316 e. The molecule has 2 N–H and O–H groups in total. The van der Waals surface area contributed by atoms with Crippen molar-refractivity contribution in [2.75, 3.05) is 12.8 Å². The Morgan fingerprint density at radius 2 is 1.67 bits per heavy atom. The molecule has 0 heterocycles. The van der Waals surface area contributed by atoms with E-state index in [1.54, 1.807) is 0 Å². The Hall–Kier alpha value is -1.22. The van der Waals surface area contributed by atoms with E-state index in [0.717, 1.165) is 25.1 Å². The maximum absolute atomic E-state index is 5.86. The highest BCUT2D eigenvalue weighted by Gasteiger charge is 2.24. The van der Waals surface area contributed by atoms with Gasteiger partial charge in [0, 0.05) is 18.3 Å². The molecule has 1 atom stereocenters. The molecule has 0 radical (unpaired) electrons. The molecule has 114 valence electrons. The van der Waals surface area contributed by atoms with Crippen LogP contribution >= 0.6 is 24.8 Å². The van der Waals surface area contributed by atoms with Gasteiger partial charge >= 0.3 is 0 Å². The Morgan fingerprint density at radius 3 is 2.38 bits per heavy atom. The molecule has 0 fully saturated rings. The first-order chi connectivity index (χ1) is 9.22. The van der Waals surface area contributed by atoms with Gasteiger partial charge in [0.05, 0.1) is 0 Å². The van der Waals surface area contributed by atoms with E-state index in [2.05, 4.69) is 54.4 Å². The minimum Gasteiger partial charge on any atom is -0.399 e. The van der Waals surface area contributed by atoms with Crippen molar-refractivity contribution in [2.24, 2.45) is 0 Å². The highest BCUT2D eigenvalue weighted by Crippen LogP contribution is 2.27. The van der Waals surface area contributed by atoms with Gasteiger partial charge in [-0.15, -0.1) is 24.8 Å². The van der Waals surface area contributed by atoms with Crippen LogP contribution in [-0.2, 0) is 19.4 Å². The molecule has 2 nitrogen and oxygen atoms in total. The van der Waals surface area contributed by atoms with Crippen LogP contribution in [0.2, 0.25) is 0 Å². The van der Waals surface area contributed by atoms with Crippen LogP contribution in [0.5, 0.6) is 0 Å². The first-order valence-corrected chi connectivity index (χ1v) is 6.84. The summed E-state index contributed by atoms with van der Waals surface area (Å²) in [6.45, 7) is 1.01. The Bertz CT molecular complexity index is 572. The van der Waals surface area contributed by atoms with Gasteiger partial charge in [0.2, 0.25) is 0 Å². The van der Waals surface area contributed by atoms with Gasteiger partial charge in [0.1, 0.15) is 0 Å². The second-order valence-corrected chi connectivity index (χ2v) is 5.49. The molecule has 0 saturated heterocycles. The van der Waals surface area contributed by atoms with Crippen LogP contribution in [0.1, 0.15) is 16.7 Å². The molecule has 2 aromatic rings. The summed E-state index contributed by atoms with van der Waals surface area (Å²) in [6, 6.07) is 17.6. The summed E-state index contributed by atoms with van der Waals surface area (Å²) < 4.78 is 0. The van der Waals surface area contributed by atoms with Crippen LogP contribution in [0.4, 0.5) is 5.69 Å². The van der Waals surface area contributed by atoms with Crippen molar-refractivity contribution in [3.8, 4) is 0 Å². The third kappa shape index (κ3) is 4.13. The van der Waals surface area contributed by atoms with Crippen LogP contribution in [0.25, 0.3) is 0 Å². The predicted molar refractivity (Wildman–Crippen MR) is 94.5 cm³/mol. The summed E-state index contributed by atoms with van der Waals surface area (Å²) in [5.41, 5.74) is 11.0. The molecule has 1 aliphatic carbocycles. The average Bonchev–Trinajstić information content (AvgIpc) is 2.83. The fourth-order valence-electron chi connectivity index (χ4n) is 2.93. The molecule has 0 saturated carbocycles. The van der Waals surface area contributed by atoms with Crippen molar-refractivity contribution in [3.05, 3.63) is 65.2 Å². The van der Waals surface area contributed by atoms with Gasteiger partial charge in [-0.1, -0.05) is 36.4 Å². The first-order valence-electron chi connectivity index (χ1n) is 6.84. The van der Waals surface area contributed by atoms with Gasteiger partial charge in [-0.05, 0) is 48.7 Å². The maximum atomic E-state index is 5.86. The normalized spacial score (nSPS) is 16.0. The van der Waals surface area contributed by atoms with Gasteiger partial charge in [0.15, 0.2) is 0 Å². The number of anilines is 1. The number of hydrogen-bond acceptors (Lipinski definition) is 2. The van der Waals surface area contributed by atoms with Crippen molar-refractivity contribution in [1.82, 2.24) is 4.90 Å². The average molecular weight is 325 g/mol. The number of likely N-dealkylation sites (N-methyl/N-ethyl adjacent to an activating group) is 1. The summed E-state index contributed by atoms with van der Waals surface area (Å²) in [7, 11) is 2.22. The van der Waals surface area contributed by atoms with Crippen molar-refractivity contribution >= 4 is 30.5 Å². The summed E-state index contributed by atoms with van der Waals surface area (Å²) >= 11 is 0. The van der Waals surface area contributed by atoms with Gasteiger partial charge in [-0.3, -0.25) is 4.90 Å². The third-order valence-electron chi connectivity index (χ3n) is 4.04. The number of nitrogens with two attached hydrogens (primary N) is 1. The fraction of sp³-hybridized carbons (Fsp3) is 0.294. The second-order valence-electron chi connectivity index (χ2n) is 5.49. The molecular formula is C17H22Cl2N2. The quantitative estimate of drug-likeness (QED) is 0.872. The number of benzene rings is 2. The van der Waals surface area contributed by atoms with Gasteiger partial charge in [-0.2, -0.15) is 0 Å². The zero-order valence-electron chi connectivity index (χ0n) is 12.2. The van der Waals surface area contributed by atoms with Crippen LogP contribution in [-0.4, -0.2) is 18.0 Å². The van der Waals surface area contributed by atoms with Crippen molar-refractivity contribution in [1.29, 1.82) is 0 Å². The lowest BCUT2D eigenvalue weighted by molar-refractivity contribution is 0.241. The van der Waals surface area contributed by atoms with E-state index < -0.39 is 0 Å². The Morgan fingerprint density at radius 1 is 1.00 bits per heavy atom. The van der Waals surface area contributed by atoms with Crippen LogP contribution < -0.4 is 5.73 Å². The first kappa shape index (κ1) is 17.8. The number of fused-ring (bicyclic) bond motifs is 1. The molecule has 1 unspecified atom stereocenters. The number of rotatable bonds is 3. The summed E-state index contributed by atoms with van der Waals surface area (Å²) in [5, 5.41) is 0. The molecule has 1 aliphatic rings. The SMILES string of the molecule is CN(Cc1ccccc1)C1Cc2ccc(N)cc2C1.Cl.Cl. The molecule has 2 aromatic carbocycles. The highest BCUT2D eigenvalue weighted by molar-refractivity contribution is 5.85. The largest absolute Gasteiger partial charge is 0.399 e. The lowest BCUT2D eigenvalue weighted by Gasteiger charge is -2.24. The van der Waals surface area contributed by atoms with Crippen LogP contribution in [0.3, 0.4) is 0 Å². The van der Waals surface area contributed by atoms with E-state index in [4.69, 9.17) is 5.73 Å². The second kappa shape index (κ2) is 7.69. The van der Waals surface area contributed by atoms with Crippen molar-refractivity contribution < 1.29 is 0 Å². The molecule has 3 rings (SSSR count). The van der Waals surface area contributed by atoms with E-state index in [0.29, 0.717) is 6.04 Å². The van der Waals surface area contributed by atoms with E-state index in [9.17, 15) is 0 Å². The molecule has 0 aromatic heterocycles. The molecular weight excluding hydrogens is 303 g/mol. The zero-order valence-corrected chi connectivity index (χ0v) is 13.8. The zero-order chi connectivity index (χ0) is 13.2. The van der Waals surface area contributed by atoms with Crippen molar-refractivity contribution in [2.45, 2.75) is 25.4 Å². The minimum absolute atomic E-state index is 0. The molecule has 21 heavy (non-hydrogen) atoms. The van der Waals surface area contributed by atoms with E-state index >= 15 is 0 Å².